The predicted octanol–water partition coefficient (Wildman–Crippen LogP) is 4.29. The molecule has 0 aliphatic heterocycles. The molecular weight excluding hydrogens is 548 g/mol. The number of hydrogen-bond acceptors (Lipinski definition) is 7. The van der Waals surface area contributed by atoms with Crippen LogP contribution in [0.25, 0.3) is 0 Å². The number of carbonyl (C=O) groups excluding carboxylic acids is 2. The van der Waals surface area contributed by atoms with Crippen molar-refractivity contribution in [3.05, 3.63) is 59.2 Å². The maximum Gasteiger partial charge on any atom is 0.319 e. The van der Waals surface area contributed by atoms with Crippen molar-refractivity contribution < 1.29 is 29.6 Å². The normalized spacial score (nSPS) is 14.0. The average Bonchev–Trinajstić information content (AvgIpc) is 3.51. The SMILES string of the molecule is O=C(CNC(=O)Nc1cccc(CCCCOCCCCCCNC[C@H](O)c2ccc(O)c(CO)c2)c1)NC1CCCC1. The van der Waals surface area contributed by atoms with Gasteiger partial charge in [-0.2, -0.15) is 0 Å². The molecule has 10 nitrogen and oxygen atoms in total. The standard InChI is InChI=1S/C33H50N4O6/c38-24-27-21-26(15-16-30(27)39)31(40)22-34-17-6-1-2-7-18-43-19-8-5-10-25-11-9-14-29(20-25)37-33(42)35-23-32(41)36-28-12-3-4-13-28/h9,11,14-16,20-21,28,31,34,38-40H,1-8,10,12-13,17-19,22-24H2,(H,36,41)(H2,35,37,42)/t31-/m0/s1. The summed E-state index contributed by atoms with van der Waals surface area (Å²) in [6.07, 6.45) is 10.8. The first kappa shape index (κ1) is 34.3. The number of phenols is 1. The van der Waals surface area contributed by atoms with Crippen molar-refractivity contribution in [2.75, 3.05) is 38.2 Å². The molecule has 0 aromatic heterocycles. The molecule has 0 heterocycles. The summed E-state index contributed by atoms with van der Waals surface area (Å²) in [5, 5.41) is 40.9. The molecule has 1 aliphatic carbocycles. The fraction of sp³-hybridized carbons (Fsp3) is 0.576. The molecule has 3 amide bonds. The van der Waals surface area contributed by atoms with E-state index < -0.39 is 6.10 Å². The maximum absolute atomic E-state index is 12.2. The molecule has 0 saturated heterocycles. The molecule has 0 spiro atoms. The zero-order valence-electron chi connectivity index (χ0n) is 25.3. The number of unbranched alkanes of at least 4 members (excludes halogenated alkanes) is 4. The van der Waals surface area contributed by atoms with Crippen molar-refractivity contribution in [1.82, 2.24) is 16.0 Å². The van der Waals surface area contributed by atoms with Crippen LogP contribution in [0.3, 0.4) is 0 Å². The third-order valence-corrected chi connectivity index (χ3v) is 7.71. The maximum atomic E-state index is 12.2. The predicted molar refractivity (Wildman–Crippen MR) is 168 cm³/mol. The molecule has 1 aliphatic rings. The first-order chi connectivity index (χ1) is 20.9. The summed E-state index contributed by atoms with van der Waals surface area (Å²) in [4.78, 5) is 24.2. The molecule has 238 valence electrons. The molecule has 7 N–H and O–H groups in total. The fourth-order valence-corrected chi connectivity index (χ4v) is 5.23. The molecular formula is C33H50N4O6. The number of carbonyl (C=O) groups is 2. The molecule has 1 saturated carbocycles. The van der Waals surface area contributed by atoms with Crippen LogP contribution in [-0.4, -0.2) is 66.1 Å². The van der Waals surface area contributed by atoms with Crippen molar-refractivity contribution >= 4 is 17.6 Å². The Morgan fingerprint density at radius 3 is 2.51 bits per heavy atom. The number of aliphatic hydroxyl groups excluding tert-OH is 2. The summed E-state index contributed by atoms with van der Waals surface area (Å²) in [5.41, 5.74) is 2.95. The minimum Gasteiger partial charge on any atom is -0.508 e. The topological polar surface area (TPSA) is 152 Å². The van der Waals surface area contributed by atoms with Crippen LogP contribution >= 0.6 is 0 Å². The van der Waals surface area contributed by atoms with Crippen LogP contribution < -0.4 is 21.3 Å². The van der Waals surface area contributed by atoms with E-state index >= 15 is 0 Å². The van der Waals surface area contributed by atoms with Crippen LogP contribution in [0.1, 0.15) is 87.0 Å². The Hall–Kier alpha value is -3.18. The first-order valence-corrected chi connectivity index (χ1v) is 15.8. The van der Waals surface area contributed by atoms with Gasteiger partial charge in [0.1, 0.15) is 5.75 Å². The van der Waals surface area contributed by atoms with Gasteiger partial charge in [0, 0.05) is 37.1 Å². The number of aromatic hydroxyl groups is 1. The molecule has 0 unspecified atom stereocenters. The van der Waals surface area contributed by atoms with Crippen LogP contribution in [0.15, 0.2) is 42.5 Å². The Kier molecular flexibility index (Phi) is 15.9. The van der Waals surface area contributed by atoms with Gasteiger partial charge in [-0.05, 0) is 86.9 Å². The summed E-state index contributed by atoms with van der Waals surface area (Å²) in [7, 11) is 0. The Bertz CT molecular complexity index is 1110. The minimum atomic E-state index is -0.683. The summed E-state index contributed by atoms with van der Waals surface area (Å²) >= 11 is 0. The van der Waals surface area contributed by atoms with Crippen LogP contribution in [-0.2, 0) is 22.6 Å². The van der Waals surface area contributed by atoms with E-state index in [-0.39, 0.29) is 36.9 Å². The number of benzene rings is 2. The van der Waals surface area contributed by atoms with Gasteiger partial charge in [0.15, 0.2) is 0 Å². The lowest BCUT2D eigenvalue weighted by atomic mass is 10.1. The Morgan fingerprint density at radius 2 is 1.72 bits per heavy atom. The summed E-state index contributed by atoms with van der Waals surface area (Å²) in [6.45, 7) is 2.45. The number of aryl methyl sites for hydroxylation is 1. The van der Waals surface area contributed by atoms with Gasteiger partial charge in [-0.1, -0.05) is 43.9 Å². The van der Waals surface area contributed by atoms with Crippen LogP contribution in [0.5, 0.6) is 5.75 Å². The number of aliphatic hydroxyl groups is 2. The van der Waals surface area contributed by atoms with E-state index in [1.807, 2.05) is 18.2 Å². The lowest BCUT2D eigenvalue weighted by Gasteiger charge is -2.14. The summed E-state index contributed by atoms with van der Waals surface area (Å²) < 4.78 is 5.79. The van der Waals surface area contributed by atoms with Crippen molar-refractivity contribution in [1.29, 1.82) is 0 Å². The zero-order chi connectivity index (χ0) is 30.7. The van der Waals surface area contributed by atoms with E-state index in [0.717, 1.165) is 96.0 Å². The molecule has 0 radical (unpaired) electrons. The third-order valence-electron chi connectivity index (χ3n) is 7.71. The lowest BCUT2D eigenvalue weighted by Crippen LogP contribution is -2.42. The van der Waals surface area contributed by atoms with Crippen LogP contribution in [0, 0.1) is 0 Å². The molecule has 10 heteroatoms. The second-order valence-electron chi connectivity index (χ2n) is 11.3. The van der Waals surface area contributed by atoms with Gasteiger partial charge in [-0.3, -0.25) is 4.79 Å². The van der Waals surface area contributed by atoms with Gasteiger partial charge in [-0.25, -0.2) is 4.79 Å². The fourth-order valence-electron chi connectivity index (χ4n) is 5.23. The molecule has 0 bridgehead atoms. The molecule has 1 atom stereocenters. The lowest BCUT2D eigenvalue weighted by molar-refractivity contribution is -0.120. The average molecular weight is 599 g/mol. The smallest absolute Gasteiger partial charge is 0.319 e. The monoisotopic (exact) mass is 598 g/mol. The molecule has 2 aromatic carbocycles. The van der Waals surface area contributed by atoms with Gasteiger partial charge in [0.25, 0.3) is 0 Å². The number of rotatable bonds is 20. The van der Waals surface area contributed by atoms with E-state index in [0.29, 0.717) is 23.4 Å². The number of amides is 3. The number of ether oxygens (including phenoxy) is 1. The molecule has 43 heavy (non-hydrogen) atoms. The minimum absolute atomic E-state index is 0.0267. The summed E-state index contributed by atoms with van der Waals surface area (Å²) in [6, 6.07) is 12.4. The number of anilines is 1. The first-order valence-electron chi connectivity index (χ1n) is 15.8. The molecule has 2 aromatic rings. The summed E-state index contributed by atoms with van der Waals surface area (Å²) in [5.74, 6) is -0.113. The van der Waals surface area contributed by atoms with Gasteiger partial charge >= 0.3 is 6.03 Å². The third kappa shape index (κ3) is 13.8. The van der Waals surface area contributed by atoms with E-state index in [1.165, 1.54) is 6.07 Å². The highest BCUT2D eigenvalue weighted by Gasteiger charge is 2.17. The van der Waals surface area contributed by atoms with Crippen molar-refractivity contribution in [3.8, 4) is 5.75 Å². The number of hydrogen-bond donors (Lipinski definition) is 7. The zero-order valence-corrected chi connectivity index (χ0v) is 25.3. The Balaban J connectivity index is 1.14. The van der Waals surface area contributed by atoms with E-state index in [2.05, 4.69) is 27.3 Å². The van der Waals surface area contributed by atoms with E-state index in [4.69, 9.17) is 4.74 Å². The Labute approximate surface area is 255 Å². The molecule has 3 rings (SSSR count). The van der Waals surface area contributed by atoms with Crippen molar-refractivity contribution in [2.45, 2.75) is 89.4 Å². The number of nitrogens with one attached hydrogen (secondary N) is 4. The number of urea groups is 1. The van der Waals surface area contributed by atoms with Crippen LogP contribution in [0.2, 0.25) is 0 Å². The van der Waals surface area contributed by atoms with Crippen molar-refractivity contribution in [3.63, 3.8) is 0 Å². The van der Waals surface area contributed by atoms with Gasteiger partial charge in [-0.15, -0.1) is 0 Å². The largest absolute Gasteiger partial charge is 0.508 e. The van der Waals surface area contributed by atoms with E-state index in [1.54, 1.807) is 12.1 Å². The van der Waals surface area contributed by atoms with Crippen LogP contribution in [0.4, 0.5) is 10.5 Å². The highest BCUT2D eigenvalue weighted by molar-refractivity contribution is 5.92. The van der Waals surface area contributed by atoms with Gasteiger partial charge in [0.05, 0.1) is 19.3 Å². The quantitative estimate of drug-likeness (QED) is 0.112. The van der Waals surface area contributed by atoms with Gasteiger partial charge < -0.3 is 41.3 Å². The van der Waals surface area contributed by atoms with Crippen molar-refractivity contribution in [2.24, 2.45) is 0 Å². The second kappa shape index (κ2) is 19.9. The highest BCUT2D eigenvalue weighted by atomic mass is 16.5. The Morgan fingerprint density at radius 1 is 0.953 bits per heavy atom. The van der Waals surface area contributed by atoms with Gasteiger partial charge in [0.2, 0.25) is 5.91 Å². The molecule has 1 fully saturated rings. The second-order valence-corrected chi connectivity index (χ2v) is 11.3. The van der Waals surface area contributed by atoms with E-state index in [9.17, 15) is 24.9 Å². The highest BCUT2D eigenvalue weighted by Crippen LogP contribution is 2.22.